The highest BCUT2D eigenvalue weighted by Gasteiger charge is 2.16. The molecule has 0 radical (unpaired) electrons. The highest BCUT2D eigenvalue weighted by molar-refractivity contribution is 7.09. The van der Waals surface area contributed by atoms with E-state index >= 15 is 0 Å². The summed E-state index contributed by atoms with van der Waals surface area (Å²) in [7, 11) is 0. The fraction of sp³-hybridized carbons (Fsp3) is 0.300. The summed E-state index contributed by atoms with van der Waals surface area (Å²) in [6.45, 7) is 8.31. The number of nitrogens with zero attached hydrogens (tertiary/aromatic N) is 2. The molecule has 1 aromatic carbocycles. The van der Waals surface area contributed by atoms with Gasteiger partial charge in [-0.1, -0.05) is 23.8 Å². The van der Waals surface area contributed by atoms with Gasteiger partial charge in [0, 0.05) is 6.07 Å². The van der Waals surface area contributed by atoms with Crippen molar-refractivity contribution in [1.29, 1.82) is 0 Å². The van der Waals surface area contributed by atoms with Crippen LogP contribution < -0.4 is 10.2 Å². The third-order valence-electron chi connectivity index (χ3n) is 4.29. The number of rotatable bonds is 7. The molecule has 0 fully saturated rings. The van der Waals surface area contributed by atoms with Crippen LogP contribution in [0.1, 0.15) is 23.1 Å². The van der Waals surface area contributed by atoms with Crippen molar-refractivity contribution in [3.8, 4) is 5.69 Å². The molecule has 136 valence electrons. The van der Waals surface area contributed by atoms with Crippen molar-refractivity contribution >= 4 is 23.1 Å². The predicted molar refractivity (Wildman–Crippen MR) is 106 cm³/mol. The van der Waals surface area contributed by atoms with Crippen molar-refractivity contribution in [3.05, 3.63) is 64.0 Å². The van der Waals surface area contributed by atoms with Crippen molar-refractivity contribution in [3.63, 3.8) is 0 Å². The molecule has 1 atom stereocenters. The summed E-state index contributed by atoms with van der Waals surface area (Å²) in [5.41, 5.74) is 3.01. The summed E-state index contributed by atoms with van der Waals surface area (Å²) < 4.78 is 1.79. The van der Waals surface area contributed by atoms with Crippen molar-refractivity contribution in [2.24, 2.45) is 0 Å². The van der Waals surface area contributed by atoms with Gasteiger partial charge in [-0.2, -0.15) is 5.10 Å². The zero-order valence-electron chi connectivity index (χ0n) is 15.5. The summed E-state index contributed by atoms with van der Waals surface area (Å²) in [6, 6.07) is 14.2. The van der Waals surface area contributed by atoms with Gasteiger partial charge in [-0.25, -0.2) is 4.68 Å². The van der Waals surface area contributed by atoms with Crippen LogP contribution in [0, 0.1) is 13.8 Å². The predicted octanol–water partition coefficient (Wildman–Crippen LogP) is 2.59. The van der Waals surface area contributed by atoms with E-state index in [2.05, 4.69) is 41.8 Å². The first-order valence-corrected chi connectivity index (χ1v) is 9.72. The molecule has 0 aliphatic carbocycles. The fourth-order valence-electron chi connectivity index (χ4n) is 2.86. The molecule has 2 aromatic heterocycles. The molecule has 26 heavy (non-hydrogen) atoms. The second-order valence-corrected chi connectivity index (χ2v) is 7.54. The molecule has 2 N–H and O–H groups in total. The summed E-state index contributed by atoms with van der Waals surface area (Å²) in [5, 5.41) is 9.63. The molecule has 0 aliphatic heterocycles. The Balaban J connectivity index is 1.70. The number of aromatic nitrogens is 2. The first kappa shape index (κ1) is 18.4. The zero-order chi connectivity index (χ0) is 18.5. The van der Waals surface area contributed by atoms with Crippen molar-refractivity contribution in [2.75, 3.05) is 18.4 Å². The van der Waals surface area contributed by atoms with E-state index < -0.39 is 0 Å². The van der Waals surface area contributed by atoms with Gasteiger partial charge in [-0.15, -0.1) is 11.3 Å². The number of carbonyl (C=O) groups is 1. The molecule has 3 rings (SSSR count). The number of likely N-dealkylation sites (N-methyl/N-ethyl adjacent to an activating group) is 1. The highest BCUT2D eigenvalue weighted by atomic mass is 32.1. The van der Waals surface area contributed by atoms with Crippen LogP contribution in [0.4, 0.5) is 5.82 Å². The van der Waals surface area contributed by atoms with Gasteiger partial charge in [0.15, 0.2) is 6.54 Å². The Labute approximate surface area is 158 Å². The number of nitrogens with one attached hydrogen (secondary N) is 2. The Morgan fingerprint density at radius 3 is 2.65 bits per heavy atom. The summed E-state index contributed by atoms with van der Waals surface area (Å²) in [6.07, 6.45) is 0. The Morgan fingerprint density at radius 2 is 2.00 bits per heavy atom. The fourth-order valence-corrected chi connectivity index (χ4v) is 3.63. The molecule has 0 aliphatic rings. The molecular weight excluding hydrogens is 344 g/mol. The smallest absolute Gasteiger partial charge is 0.280 e. The number of hydrogen-bond acceptors (Lipinski definition) is 3. The van der Waals surface area contributed by atoms with Crippen LogP contribution in [-0.2, 0) is 11.3 Å². The topological polar surface area (TPSA) is 51.4 Å². The third-order valence-corrected chi connectivity index (χ3v) is 5.17. The average molecular weight is 370 g/mol. The van der Waals surface area contributed by atoms with Gasteiger partial charge in [-0.3, -0.25) is 4.79 Å². The largest absolute Gasteiger partial charge is 0.323 e. The summed E-state index contributed by atoms with van der Waals surface area (Å²) >= 11 is 1.74. The minimum atomic E-state index is 0.00617. The minimum absolute atomic E-state index is 0.00617. The van der Waals surface area contributed by atoms with Gasteiger partial charge < -0.3 is 10.2 Å². The first-order chi connectivity index (χ1) is 12.5. The van der Waals surface area contributed by atoms with Gasteiger partial charge in [0.25, 0.3) is 5.91 Å². The van der Waals surface area contributed by atoms with E-state index in [1.807, 2.05) is 37.3 Å². The number of hydrogen-bond donors (Lipinski definition) is 2. The van der Waals surface area contributed by atoms with Crippen molar-refractivity contribution < 1.29 is 9.69 Å². The lowest BCUT2D eigenvalue weighted by atomic mass is 10.2. The number of quaternary nitrogens is 1. The molecule has 0 saturated heterocycles. The van der Waals surface area contributed by atoms with Crippen LogP contribution >= 0.6 is 11.3 Å². The van der Waals surface area contributed by atoms with Crippen molar-refractivity contribution in [1.82, 2.24) is 9.78 Å². The van der Waals surface area contributed by atoms with Crippen LogP contribution in [-0.4, -0.2) is 28.8 Å². The van der Waals surface area contributed by atoms with Crippen LogP contribution in [0.15, 0.2) is 47.8 Å². The summed E-state index contributed by atoms with van der Waals surface area (Å²) in [5.74, 6) is 0.717. The van der Waals surface area contributed by atoms with Crippen molar-refractivity contribution in [2.45, 2.75) is 27.3 Å². The number of anilines is 1. The van der Waals surface area contributed by atoms with E-state index in [0.717, 1.165) is 24.5 Å². The lowest BCUT2D eigenvalue weighted by Gasteiger charge is -2.16. The number of benzene rings is 1. The lowest BCUT2D eigenvalue weighted by molar-refractivity contribution is -0.903. The maximum atomic E-state index is 12.6. The third kappa shape index (κ3) is 4.59. The van der Waals surface area contributed by atoms with Crippen LogP contribution in [0.2, 0.25) is 0 Å². The molecule has 0 bridgehead atoms. The van der Waals surface area contributed by atoms with Gasteiger partial charge in [0.1, 0.15) is 12.4 Å². The average Bonchev–Trinajstić information content (AvgIpc) is 3.24. The van der Waals surface area contributed by atoms with Gasteiger partial charge in [0.05, 0.1) is 22.8 Å². The zero-order valence-corrected chi connectivity index (χ0v) is 16.3. The van der Waals surface area contributed by atoms with E-state index in [1.54, 1.807) is 16.0 Å². The van der Waals surface area contributed by atoms with E-state index in [4.69, 9.17) is 0 Å². The molecule has 0 spiro atoms. The molecule has 1 amide bonds. The van der Waals surface area contributed by atoms with Crippen LogP contribution in [0.5, 0.6) is 0 Å². The SMILES string of the molecule is CC[NH+](CC(=O)Nc1cc(C)nn1-c1ccc(C)cc1)Cc1cccs1. The standard InChI is InChI=1S/C20H24N4OS/c1-4-23(13-18-6-5-11-26-18)14-20(25)21-19-12-16(3)22-24(19)17-9-7-15(2)8-10-17/h5-12H,4,13-14H2,1-3H3,(H,21,25)/p+1. The highest BCUT2D eigenvalue weighted by Crippen LogP contribution is 2.17. The van der Waals surface area contributed by atoms with Crippen LogP contribution in [0.25, 0.3) is 5.69 Å². The maximum Gasteiger partial charge on any atom is 0.280 e. The number of thiophene rings is 1. The molecule has 6 heteroatoms. The molecule has 3 aromatic rings. The van der Waals surface area contributed by atoms with E-state index in [-0.39, 0.29) is 5.91 Å². The Bertz CT molecular complexity index is 853. The Kier molecular flexibility index (Phi) is 5.85. The second kappa shape index (κ2) is 8.29. The first-order valence-electron chi connectivity index (χ1n) is 8.84. The minimum Gasteiger partial charge on any atom is -0.323 e. The van der Waals surface area contributed by atoms with E-state index in [0.29, 0.717) is 12.4 Å². The number of carbonyl (C=O) groups excluding carboxylic acids is 1. The monoisotopic (exact) mass is 369 g/mol. The van der Waals surface area contributed by atoms with E-state index in [9.17, 15) is 4.79 Å². The Hall–Kier alpha value is -2.44. The maximum absolute atomic E-state index is 12.6. The lowest BCUT2D eigenvalue weighted by Crippen LogP contribution is -3.11. The van der Waals surface area contributed by atoms with Crippen LogP contribution in [0.3, 0.4) is 0 Å². The molecule has 5 nitrogen and oxygen atoms in total. The second-order valence-electron chi connectivity index (χ2n) is 6.50. The quantitative estimate of drug-likeness (QED) is 0.673. The van der Waals surface area contributed by atoms with Gasteiger partial charge >= 0.3 is 0 Å². The number of amides is 1. The summed E-state index contributed by atoms with van der Waals surface area (Å²) in [4.78, 5) is 15.1. The number of aryl methyl sites for hydroxylation is 2. The molecule has 0 saturated carbocycles. The molecule has 2 heterocycles. The molecule has 1 unspecified atom stereocenters. The van der Waals surface area contributed by atoms with Gasteiger partial charge in [-0.05, 0) is 44.4 Å². The van der Waals surface area contributed by atoms with E-state index in [1.165, 1.54) is 15.3 Å². The van der Waals surface area contributed by atoms with Gasteiger partial charge in [0.2, 0.25) is 0 Å². The normalized spacial score (nSPS) is 12.1. The Morgan fingerprint density at radius 1 is 1.23 bits per heavy atom. The molecular formula is C20H25N4OS+.